The number of nitro groups is 1. The van der Waals surface area contributed by atoms with Gasteiger partial charge < -0.3 is 9.73 Å². The standard InChI is InChI=1S/C14H12N4O3/c1-9-3-2-4-10(16-9)8-15-14-17-12-6-5-11(18(19)20)7-13(12)21-14/h2-7H,8H2,1H3,(H,15,17). The number of oxazole rings is 1. The van der Waals surface area contributed by atoms with Crippen LogP contribution in [0.25, 0.3) is 11.1 Å². The van der Waals surface area contributed by atoms with Crippen LogP contribution >= 0.6 is 0 Å². The van der Waals surface area contributed by atoms with E-state index in [4.69, 9.17) is 4.42 Å². The summed E-state index contributed by atoms with van der Waals surface area (Å²) >= 11 is 0. The van der Waals surface area contributed by atoms with E-state index in [1.165, 1.54) is 12.1 Å². The molecule has 106 valence electrons. The molecule has 0 aliphatic rings. The lowest BCUT2D eigenvalue weighted by Crippen LogP contribution is -2.02. The second-order valence-corrected chi connectivity index (χ2v) is 4.55. The number of pyridine rings is 1. The van der Waals surface area contributed by atoms with Gasteiger partial charge in [0.05, 0.1) is 23.2 Å². The smallest absolute Gasteiger partial charge is 0.296 e. The van der Waals surface area contributed by atoms with Crippen LogP contribution in [-0.4, -0.2) is 14.9 Å². The Balaban J connectivity index is 1.80. The Hall–Kier alpha value is -2.96. The molecule has 7 heteroatoms. The highest BCUT2D eigenvalue weighted by Gasteiger charge is 2.11. The van der Waals surface area contributed by atoms with Crippen LogP contribution in [0, 0.1) is 17.0 Å². The number of hydrogen-bond donors (Lipinski definition) is 1. The van der Waals surface area contributed by atoms with Crippen LogP contribution in [0.1, 0.15) is 11.4 Å². The minimum atomic E-state index is -0.467. The Kier molecular flexibility index (Phi) is 3.23. The lowest BCUT2D eigenvalue weighted by molar-refractivity contribution is -0.384. The molecule has 7 nitrogen and oxygen atoms in total. The Morgan fingerprint density at radius 3 is 2.90 bits per heavy atom. The average molecular weight is 284 g/mol. The molecule has 3 rings (SSSR count). The summed E-state index contributed by atoms with van der Waals surface area (Å²) in [4.78, 5) is 18.8. The van der Waals surface area contributed by atoms with Gasteiger partial charge in [-0.25, -0.2) is 0 Å². The molecule has 0 saturated heterocycles. The summed E-state index contributed by atoms with van der Waals surface area (Å²) in [5, 5.41) is 13.7. The summed E-state index contributed by atoms with van der Waals surface area (Å²) in [6.45, 7) is 2.39. The average Bonchev–Trinajstić information content (AvgIpc) is 2.87. The molecular weight excluding hydrogens is 272 g/mol. The molecule has 0 fully saturated rings. The zero-order valence-electron chi connectivity index (χ0n) is 11.2. The SMILES string of the molecule is Cc1cccc(CNc2nc3ccc([N+](=O)[O-])cc3o2)n1. The topological polar surface area (TPSA) is 94.1 Å². The van der Waals surface area contributed by atoms with Gasteiger partial charge in [-0.2, -0.15) is 4.98 Å². The Bertz CT molecular complexity index is 813. The molecule has 0 atom stereocenters. The predicted octanol–water partition coefficient (Wildman–Crippen LogP) is 3.05. The first kappa shape index (κ1) is 13.0. The second-order valence-electron chi connectivity index (χ2n) is 4.55. The van der Waals surface area contributed by atoms with Crippen LogP contribution in [0.3, 0.4) is 0 Å². The van der Waals surface area contributed by atoms with Crippen LogP contribution in [0.4, 0.5) is 11.7 Å². The van der Waals surface area contributed by atoms with Crippen LogP contribution in [-0.2, 0) is 6.54 Å². The van der Waals surface area contributed by atoms with Gasteiger partial charge in [-0.05, 0) is 25.1 Å². The van der Waals surface area contributed by atoms with Crippen molar-refractivity contribution < 1.29 is 9.34 Å². The normalized spacial score (nSPS) is 10.7. The van der Waals surface area contributed by atoms with E-state index in [1.54, 1.807) is 6.07 Å². The number of nitrogens with one attached hydrogen (secondary N) is 1. The lowest BCUT2D eigenvalue weighted by Gasteiger charge is -2.01. The fourth-order valence-electron chi connectivity index (χ4n) is 1.97. The Morgan fingerprint density at radius 2 is 2.14 bits per heavy atom. The van der Waals surface area contributed by atoms with E-state index in [-0.39, 0.29) is 5.69 Å². The minimum absolute atomic E-state index is 0.0226. The fourth-order valence-corrected chi connectivity index (χ4v) is 1.97. The van der Waals surface area contributed by atoms with Crippen LogP contribution in [0.2, 0.25) is 0 Å². The summed E-state index contributed by atoms with van der Waals surface area (Å²) in [6, 6.07) is 10.4. The molecule has 0 saturated carbocycles. The van der Waals surface area contributed by atoms with E-state index in [1.807, 2.05) is 25.1 Å². The number of rotatable bonds is 4. The van der Waals surface area contributed by atoms with Crippen LogP contribution in [0.15, 0.2) is 40.8 Å². The molecule has 21 heavy (non-hydrogen) atoms. The number of anilines is 1. The van der Waals surface area contributed by atoms with Gasteiger partial charge in [0.15, 0.2) is 5.58 Å². The maximum absolute atomic E-state index is 10.7. The largest absolute Gasteiger partial charge is 0.423 e. The van der Waals surface area contributed by atoms with E-state index in [0.717, 1.165) is 11.4 Å². The van der Waals surface area contributed by atoms with Gasteiger partial charge >= 0.3 is 0 Å². The molecule has 2 heterocycles. The number of aryl methyl sites for hydroxylation is 1. The number of non-ortho nitro benzene ring substituents is 1. The number of nitrogens with zero attached hydrogens (tertiary/aromatic N) is 3. The molecule has 0 bridgehead atoms. The van der Waals surface area contributed by atoms with Gasteiger partial charge in [-0.15, -0.1) is 0 Å². The van der Waals surface area contributed by atoms with Crippen molar-refractivity contribution in [2.24, 2.45) is 0 Å². The summed E-state index contributed by atoms with van der Waals surface area (Å²) in [5.74, 6) is 0. The zero-order valence-corrected chi connectivity index (χ0v) is 11.2. The Morgan fingerprint density at radius 1 is 1.29 bits per heavy atom. The molecule has 0 aliphatic heterocycles. The number of benzene rings is 1. The fraction of sp³-hybridized carbons (Fsp3) is 0.143. The third-order valence-corrected chi connectivity index (χ3v) is 2.95. The van der Waals surface area contributed by atoms with E-state index in [0.29, 0.717) is 23.7 Å². The maximum Gasteiger partial charge on any atom is 0.296 e. The summed E-state index contributed by atoms with van der Waals surface area (Å²) < 4.78 is 5.46. The molecule has 0 radical (unpaired) electrons. The molecular formula is C14H12N4O3. The van der Waals surface area contributed by atoms with E-state index in [2.05, 4.69) is 15.3 Å². The first-order chi connectivity index (χ1) is 10.1. The van der Waals surface area contributed by atoms with Crippen molar-refractivity contribution in [2.75, 3.05) is 5.32 Å². The van der Waals surface area contributed by atoms with E-state index >= 15 is 0 Å². The molecule has 0 amide bonds. The molecule has 0 aliphatic carbocycles. The Labute approximate surface area is 119 Å². The van der Waals surface area contributed by atoms with Crippen molar-refractivity contribution in [3.8, 4) is 0 Å². The van der Waals surface area contributed by atoms with Gasteiger partial charge in [-0.1, -0.05) is 6.07 Å². The van der Waals surface area contributed by atoms with Crippen LogP contribution < -0.4 is 5.32 Å². The molecule has 1 aromatic carbocycles. The summed E-state index contributed by atoms with van der Waals surface area (Å²) in [7, 11) is 0. The summed E-state index contributed by atoms with van der Waals surface area (Å²) in [5.41, 5.74) is 2.72. The molecule has 0 spiro atoms. The number of nitro benzene ring substituents is 1. The second kappa shape index (κ2) is 5.20. The van der Waals surface area contributed by atoms with Gasteiger partial charge in [0, 0.05) is 11.8 Å². The van der Waals surface area contributed by atoms with Crippen molar-refractivity contribution in [3.05, 3.63) is 57.9 Å². The summed E-state index contributed by atoms with van der Waals surface area (Å²) in [6.07, 6.45) is 0. The highest BCUT2D eigenvalue weighted by molar-refractivity contribution is 5.77. The molecule has 2 aromatic heterocycles. The first-order valence-corrected chi connectivity index (χ1v) is 6.33. The number of aromatic nitrogens is 2. The highest BCUT2D eigenvalue weighted by Crippen LogP contribution is 2.23. The lowest BCUT2D eigenvalue weighted by atomic mass is 10.3. The van der Waals surface area contributed by atoms with Crippen molar-refractivity contribution in [3.63, 3.8) is 0 Å². The molecule has 1 N–H and O–H groups in total. The first-order valence-electron chi connectivity index (χ1n) is 6.33. The number of fused-ring (bicyclic) bond motifs is 1. The third-order valence-electron chi connectivity index (χ3n) is 2.95. The molecule has 0 unspecified atom stereocenters. The van der Waals surface area contributed by atoms with Gasteiger partial charge in [0.2, 0.25) is 0 Å². The third kappa shape index (κ3) is 2.81. The van der Waals surface area contributed by atoms with Gasteiger partial charge in [0.25, 0.3) is 11.7 Å². The number of hydrogen-bond acceptors (Lipinski definition) is 6. The van der Waals surface area contributed by atoms with Crippen molar-refractivity contribution in [1.29, 1.82) is 0 Å². The van der Waals surface area contributed by atoms with Crippen molar-refractivity contribution >= 4 is 22.8 Å². The van der Waals surface area contributed by atoms with E-state index in [9.17, 15) is 10.1 Å². The van der Waals surface area contributed by atoms with Crippen molar-refractivity contribution in [1.82, 2.24) is 9.97 Å². The zero-order chi connectivity index (χ0) is 14.8. The maximum atomic E-state index is 10.7. The van der Waals surface area contributed by atoms with Crippen molar-refractivity contribution in [2.45, 2.75) is 13.5 Å². The molecule has 3 aromatic rings. The predicted molar refractivity (Wildman–Crippen MR) is 77.0 cm³/mol. The van der Waals surface area contributed by atoms with Crippen LogP contribution in [0.5, 0.6) is 0 Å². The van der Waals surface area contributed by atoms with E-state index < -0.39 is 4.92 Å². The monoisotopic (exact) mass is 284 g/mol. The van der Waals surface area contributed by atoms with Gasteiger partial charge in [-0.3, -0.25) is 15.1 Å². The minimum Gasteiger partial charge on any atom is -0.423 e. The van der Waals surface area contributed by atoms with Gasteiger partial charge in [0.1, 0.15) is 5.52 Å². The highest BCUT2D eigenvalue weighted by atomic mass is 16.6. The quantitative estimate of drug-likeness (QED) is 0.584.